The van der Waals surface area contributed by atoms with Gasteiger partial charge in [-0.05, 0) is 57.8 Å². The lowest BCUT2D eigenvalue weighted by molar-refractivity contribution is 0.100. The first-order valence-corrected chi connectivity index (χ1v) is 7.09. The fourth-order valence-electron chi connectivity index (χ4n) is 3.58. The summed E-state index contributed by atoms with van der Waals surface area (Å²) in [5, 5.41) is 3.47. The van der Waals surface area contributed by atoms with E-state index < -0.39 is 0 Å². The number of fused-ring (bicyclic) bond motifs is 1. The molecule has 3 heteroatoms. The third-order valence-corrected chi connectivity index (χ3v) is 4.69. The van der Waals surface area contributed by atoms with Gasteiger partial charge in [0.1, 0.15) is 0 Å². The second-order valence-corrected chi connectivity index (χ2v) is 5.78. The lowest BCUT2D eigenvalue weighted by Gasteiger charge is -2.37. The molecule has 3 aliphatic rings. The van der Waals surface area contributed by atoms with Crippen LogP contribution in [0.1, 0.15) is 25.7 Å². The Labute approximate surface area is 99.2 Å². The predicted molar refractivity (Wildman–Crippen MR) is 66.6 cm³/mol. The standard InChI is InChI=1S/C13H25N3/c1-2-13-11-15(8-9-16(13)6-1)7-4-12-3-5-14-10-12/h12-14H,1-11H2. The third kappa shape index (κ3) is 2.41. The zero-order chi connectivity index (χ0) is 10.8. The maximum Gasteiger partial charge on any atom is 0.0224 e. The molecule has 3 fully saturated rings. The SMILES string of the molecule is C1CC2CN(CCC3CCNC3)CCN2C1. The molecule has 0 aromatic heterocycles. The van der Waals surface area contributed by atoms with Gasteiger partial charge in [0.2, 0.25) is 0 Å². The first kappa shape index (κ1) is 11.0. The second-order valence-electron chi connectivity index (χ2n) is 5.78. The van der Waals surface area contributed by atoms with Gasteiger partial charge in [-0.2, -0.15) is 0 Å². The van der Waals surface area contributed by atoms with Crippen molar-refractivity contribution in [2.24, 2.45) is 5.92 Å². The summed E-state index contributed by atoms with van der Waals surface area (Å²) in [5.74, 6) is 0.960. The summed E-state index contributed by atoms with van der Waals surface area (Å²) in [4.78, 5) is 5.42. The van der Waals surface area contributed by atoms with Crippen molar-refractivity contribution in [2.75, 3.05) is 45.8 Å². The molecule has 16 heavy (non-hydrogen) atoms. The molecule has 3 nitrogen and oxygen atoms in total. The molecule has 3 heterocycles. The van der Waals surface area contributed by atoms with E-state index >= 15 is 0 Å². The predicted octanol–water partition coefficient (Wildman–Crippen LogP) is 0.766. The van der Waals surface area contributed by atoms with Gasteiger partial charge in [0.25, 0.3) is 0 Å². The molecule has 92 valence electrons. The number of nitrogens with zero attached hydrogens (tertiary/aromatic N) is 2. The zero-order valence-corrected chi connectivity index (χ0v) is 10.3. The molecule has 0 spiro atoms. The largest absolute Gasteiger partial charge is 0.316 e. The topological polar surface area (TPSA) is 18.5 Å². The highest BCUT2D eigenvalue weighted by Crippen LogP contribution is 2.22. The molecule has 2 atom stereocenters. The lowest BCUT2D eigenvalue weighted by atomic mass is 10.0. The van der Waals surface area contributed by atoms with Crippen LogP contribution in [-0.4, -0.2) is 61.7 Å². The van der Waals surface area contributed by atoms with E-state index in [0.29, 0.717) is 0 Å². The fourth-order valence-corrected chi connectivity index (χ4v) is 3.58. The normalized spacial score (nSPS) is 36.8. The van der Waals surface area contributed by atoms with Crippen LogP contribution in [-0.2, 0) is 0 Å². The van der Waals surface area contributed by atoms with Crippen molar-refractivity contribution in [1.82, 2.24) is 15.1 Å². The quantitative estimate of drug-likeness (QED) is 0.762. The van der Waals surface area contributed by atoms with E-state index in [9.17, 15) is 0 Å². The van der Waals surface area contributed by atoms with Crippen LogP contribution < -0.4 is 5.32 Å². The Balaban J connectivity index is 1.42. The Kier molecular flexibility index (Phi) is 3.46. The molecule has 0 amide bonds. The Morgan fingerprint density at radius 2 is 2.12 bits per heavy atom. The monoisotopic (exact) mass is 223 g/mol. The smallest absolute Gasteiger partial charge is 0.0224 e. The van der Waals surface area contributed by atoms with Gasteiger partial charge in [-0.1, -0.05) is 0 Å². The molecule has 0 saturated carbocycles. The minimum Gasteiger partial charge on any atom is -0.316 e. The van der Waals surface area contributed by atoms with Gasteiger partial charge in [-0.25, -0.2) is 0 Å². The maximum absolute atomic E-state index is 3.47. The highest BCUT2D eigenvalue weighted by Gasteiger charge is 2.30. The van der Waals surface area contributed by atoms with E-state index in [1.165, 1.54) is 71.5 Å². The molecule has 0 aromatic carbocycles. The minimum absolute atomic E-state index is 0.899. The van der Waals surface area contributed by atoms with Crippen molar-refractivity contribution in [2.45, 2.75) is 31.7 Å². The van der Waals surface area contributed by atoms with Crippen LogP contribution in [0.2, 0.25) is 0 Å². The van der Waals surface area contributed by atoms with Crippen molar-refractivity contribution in [1.29, 1.82) is 0 Å². The van der Waals surface area contributed by atoms with Crippen LogP contribution in [0.3, 0.4) is 0 Å². The highest BCUT2D eigenvalue weighted by atomic mass is 15.3. The molecule has 3 saturated heterocycles. The van der Waals surface area contributed by atoms with Crippen LogP contribution in [0.4, 0.5) is 0 Å². The third-order valence-electron chi connectivity index (χ3n) is 4.69. The van der Waals surface area contributed by atoms with Crippen LogP contribution in [0.5, 0.6) is 0 Å². The number of rotatable bonds is 3. The lowest BCUT2D eigenvalue weighted by Crippen LogP contribution is -2.50. The molecule has 0 aromatic rings. The average Bonchev–Trinajstić information content (AvgIpc) is 2.97. The average molecular weight is 223 g/mol. The summed E-state index contributed by atoms with van der Waals surface area (Å²) in [6.07, 6.45) is 5.70. The zero-order valence-electron chi connectivity index (χ0n) is 10.3. The molecule has 0 bridgehead atoms. The molecule has 3 aliphatic heterocycles. The van der Waals surface area contributed by atoms with Gasteiger partial charge in [-0.15, -0.1) is 0 Å². The van der Waals surface area contributed by atoms with E-state index in [4.69, 9.17) is 0 Å². The van der Waals surface area contributed by atoms with Crippen molar-refractivity contribution < 1.29 is 0 Å². The van der Waals surface area contributed by atoms with E-state index in [-0.39, 0.29) is 0 Å². The van der Waals surface area contributed by atoms with Gasteiger partial charge in [0, 0.05) is 25.7 Å². The van der Waals surface area contributed by atoms with Gasteiger partial charge in [0.05, 0.1) is 0 Å². The van der Waals surface area contributed by atoms with Crippen LogP contribution >= 0.6 is 0 Å². The summed E-state index contributed by atoms with van der Waals surface area (Å²) in [6, 6.07) is 0.899. The molecule has 2 unspecified atom stereocenters. The first-order chi connectivity index (χ1) is 7.92. The number of hydrogen-bond donors (Lipinski definition) is 1. The van der Waals surface area contributed by atoms with E-state index in [2.05, 4.69) is 15.1 Å². The molecule has 3 rings (SSSR count). The summed E-state index contributed by atoms with van der Waals surface area (Å²) in [5.41, 5.74) is 0. The maximum atomic E-state index is 3.47. The fraction of sp³-hybridized carbons (Fsp3) is 1.00. The molecular formula is C13H25N3. The molecule has 1 N–H and O–H groups in total. The van der Waals surface area contributed by atoms with E-state index in [0.717, 1.165) is 12.0 Å². The Bertz CT molecular complexity index is 225. The summed E-state index contributed by atoms with van der Waals surface area (Å²) >= 11 is 0. The second kappa shape index (κ2) is 5.03. The van der Waals surface area contributed by atoms with E-state index in [1.54, 1.807) is 0 Å². The highest BCUT2D eigenvalue weighted by molar-refractivity contribution is 4.87. The molecule has 0 aliphatic carbocycles. The molecular weight excluding hydrogens is 198 g/mol. The van der Waals surface area contributed by atoms with Gasteiger partial charge in [0.15, 0.2) is 0 Å². The van der Waals surface area contributed by atoms with E-state index in [1.807, 2.05) is 0 Å². The number of piperazine rings is 1. The Morgan fingerprint density at radius 1 is 1.12 bits per heavy atom. The number of nitrogens with one attached hydrogen (secondary N) is 1. The first-order valence-electron chi connectivity index (χ1n) is 7.09. The van der Waals surface area contributed by atoms with Gasteiger partial charge in [-0.3, -0.25) is 4.90 Å². The van der Waals surface area contributed by atoms with Gasteiger partial charge >= 0.3 is 0 Å². The van der Waals surface area contributed by atoms with Crippen molar-refractivity contribution in [3.05, 3.63) is 0 Å². The van der Waals surface area contributed by atoms with Crippen LogP contribution in [0.25, 0.3) is 0 Å². The van der Waals surface area contributed by atoms with Crippen molar-refractivity contribution >= 4 is 0 Å². The van der Waals surface area contributed by atoms with Crippen molar-refractivity contribution in [3.8, 4) is 0 Å². The Hall–Kier alpha value is -0.120. The Morgan fingerprint density at radius 3 is 3.00 bits per heavy atom. The van der Waals surface area contributed by atoms with Crippen LogP contribution in [0.15, 0.2) is 0 Å². The minimum atomic E-state index is 0.899. The van der Waals surface area contributed by atoms with Gasteiger partial charge < -0.3 is 10.2 Å². The summed E-state index contributed by atoms with van der Waals surface area (Å²) in [6.45, 7) is 9.22. The summed E-state index contributed by atoms with van der Waals surface area (Å²) < 4.78 is 0. The molecule has 0 radical (unpaired) electrons. The van der Waals surface area contributed by atoms with Crippen LogP contribution in [0, 0.1) is 5.92 Å². The summed E-state index contributed by atoms with van der Waals surface area (Å²) in [7, 11) is 0. The van der Waals surface area contributed by atoms with Crippen molar-refractivity contribution in [3.63, 3.8) is 0 Å². The number of hydrogen-bond acceptors (Lipinski definition) is 3.